The van der Waals surface area contributed by atoms with E-state index in [2.05, 4.69) is 4.98 Å². The summed E-state index contributed by atoms with van der Waals surface area (Å²) in [5.74, 6) is -1.28. The Morgan fingerprint density at radius 3 is 2.56 bits per heavy atom. The zero-order chi connectivity index (χ0) is 12.5. The Morgan fingerprint density at radius 1 is 1.62 bits per heavy atom. The Labute approximate surface area is 91.6 Å². The topological polar surface area (TPSA) is 93.3 Å². The number of hydrogen-bond acceptors (Lipinski definition) is 5. The third kappa shape index (κ3) is 2.22. The maximum absolute atomic E-state index is 12.3. The maximum Gasteiger partial charge on any atom is 0.315 e. The highest BCUT2D eigenvalue weighted by molar-refractivity contribution is 6.67. The molecule has 0 radical (unpaired) electrons. The summed E-state index contributed by atoms with van der Waals surface area (Å²) < 4.78 is 24.6. The summed E-state index contributed by atoms with van der Waals surface area (Å²) in [6, 6.07) is 0.524. The number of rotatable bonds is 3. The summed E-state index contributed by atoms with van der Waals surface area (Å²) in [4.78, 5) is 23.0. The van der Waals surface area contributed by atoms with E-state index in [1.54, 1.807) is 0 Å². The predicted molar refractivity (Wildman–Crippen MR) is 47.7 cm³/mol. The van der Waals surface area contributed by atoms with Gasteiger partial charge >= 0.3 is 5.69 Å². The Balaban J connectivity index is 3.51. The molecule has 0 amide bonds. The van der Waals surface area contributed by atoms with E-state index >= 15 is 0 Å². The molecule has 16 heavy (non-hydrogen) atoms. The van der Waals surface area contributed by atoms with Crippen molar-refractivity contribution in [3.05, 3.63) is 27.6 Å². The molecule has 0 aromatic carbocycles. The standard InChI is InChI=1S/C7H3ClF2N2O4/c8-6(14)2-1-3(12(15)16)5(13)4(11-2)7(9)10/h1,7,13H. The molecule has 0 fully saturated rings. The van der Waals surface area contributed by atoms with Gasteiger partial charge in [-0.15, -0.1) is 0 Å². The van der Waals surface area contributed by atoms with Gasteiger partial charge in [0.05, 0.1) is 11.0 Å². The van der Waals surface area contributed by atoms with E-state index in [1.165, 1.54) is 0 Å². The molecule has 6 nitrogen and oxygen atoms in total. The number of carbonyl (C=O) groups excluding carboxylic acids is 1. The molecule has 1 rings (SSSR count). The number of hydrogen-bond donors (Lipinski definition) is 1. The second kappa shape index (κ2) is 4.35. The number of halogens is 3. The van der Waals surface area contributed by atoms with E-state index in [4.69, 9.17) is 16.7 Å². The van der Waals surface area contributed by atoms with Gasteiger partial charge in [-0.25, -0.2) is 13.8 Å². The van der Waals surface area contributed by atoms with Crippen LogP contribution in [0.25, 0.3) is 0 Å². The van der Waals surface area contributed by atoms with E-state index in [0.717, 1.165) is 0 Å². The van der Waals surface area contributed by atoms with Crippen LogP contribution < -0.4 is 0 Å². The fourth-order valence-corrected chi connectivity index (χ4v) is 1.03. The molecule has 0 atom stereocenters. The van der Waals surface area contributed by atoms with Gasteiger partial charge in [-0.2, -0.15) is 0 Å². The number of alkyl halides is 2. The summed E-state index contributed by atoms with van der Waals surface area (Å²) in [7, 11) is 0. The molecule has 0 unspecified atom stereocenters. The van der Waals surface area contributed by atoms with Crippen LogP contribution in [0, 0.1) is 10.1 Å². The molecular weight excluding hydrogens is 250 g/mol. The molecule has 0 aliphatic heterocycles. The number of nitrogens with zero attached hydrogens (tertiary/aromatic N) is 2. The number of pyridine rings is 1. The lowest BCUT2D eigenvalue weighted by molar-refractivity contribution is -0.386. The Bertz CT molecular complexity index is 466. The van der Waals surface area contributed by atoms with Crippen molar-refractivity contribution in [3.8, 4) is 5.75 Å². The Hall–Kier alpha value is -1.83. The first-order valence-corrected chi connectivity index (χ1v) is 4.08. The summed E-state index contributed by atoms with van der Waals surface area (Å²) in [6.45, 7) is 0. The summed E-state index contributed by atoms with van der Waals surface area (Å²) >= 11 is 4.96. The molecule has 0 aliphatic rings. The molecule has 1 aromatic heterocycles. The quantitative estimate of drug-likeness (QED) is 0.504. The molecule has 9 heteroatoms. The van der Waals surface area contributed by atoms with Crippen molar-refractivity contribution in [3.63, 3.8) is 0 Å². The van der Waals surface area contributed by atoms with E-state index < -0.39 is 39.4 Å². The monoisotopic (exact) mass is 252 g/mol. The van der Waals surface area contributed by atoms with Crippen molar-refractivity contribution in [1.29, 1.82) is 0 Å². The van der Waals surface area contributed by atoms with Gasteiger partial charge < -0.3 is 5.11 Å². The fourth-order valence-electron chi connectivity index (χ4n) is 0.936. The van der Waals surface area contributed by atoms with Crippen LogP contribution >= 0.6 is 11.6 Å². The average Bonchev–Trinajstić information content (AvgIpc) is 2.16. The number of carbonyl (C=O) groups is 1. The summed E-state index contributed by atoms with van der Waals surface area (Å²) in [6.07, 6.45) is -3.25. The van der Waals surface area contributed by atoms with Crippen molar-refractivity contribution >= 4 is 22.5 Å². The minimum absolute atomic E-state index is 0.524. The largest absolute Gasteiger partial charge is 0.501 e. The van der Waals surface area contributed by atoms with Crippen LogP contribution in [-0.2, 0) is 0 Å². The molecule has 1 heterocycles. The van der Waals surface area contributed by atoms with Crippen LogP contribution in [0.4, 0.5) is 14.5 Å². The smallest absolute Gasteiger partial charge is 0.315 e. The SMILES string of the molecule is O=C(Cl)c1cc([N+](=O)[O-])c(O)c(C(F)F)n1. The number of aromatic nitrogens is 1. The second-order valence-electron chi connectivity index (χ2n) is 2.59. The average molecular weight is 253 g/mol. The van der Waals surface area contributed by atoms with E-state index in [-0.39, 0.29) is 0 Å². The van der Waals surface area contributed by atoms with Crippen molar-refractivity contribution in [1.82, 2.24) is 4.98 Å². The van der Waals surface area contributed by atoms with Gasteiger partial charge in [0.15, 0.2) is 5.69 Å². The zero-order valence-electron chi connectivity index (χ0n) is 7.35. The fraction of sp³-hybridized carbons (Fsp3) is 0.143. The van der Waals surface area contributed by atoms with Crippen molar-refractivity contribution in [2.24, 2.45) is 0 Å². The van der Waals surface area contributed by atoms with Crippen LogP contribution in [0.15, 0.2) is 6.07 Å². The Morgan fingerprint density at radius 2 is 2.19 bits per heavy atom. The molecule has 0 bridgehead atoms. The second-order valence-corrected chi connectivity index (χ2v) is 2.94. The van der Waals surface area contributed by atoms with Crippen LogP contribution in [0.2, 0.25) is 0 Å². The first-order valence-electron chi connectivity index (χ1n) is 3.71. The minimum Gasteiger partial charge on any atom is -0.501 e. The molecular formula is C7H3ClF2N2O4. The lowest BCUT2D eigenvalue weighted by Crippen LogP contribution is -2.03. The highest BCUT2D eigenvalue weighted by Gasteiger charge is 2.27. The molecule has 0 aliphatic carbocycles. The van der Waals surface area contributed by atoms with Crippen LogP contribution in [0.3, 0.4) is 0 Å². The molecule has 1 aromatic rings. The maximum atomic E-state index is 12.3. The van der Waals surface area contributed by atoms with Gasteiger partial charge in [0.1, 0.15) is 5.69 Å². The van der Waals surface area contributed by atoms with Gasteiger partial charge in [0.2, 0.25) is 5.75 Å². The van der Waals surface area contributed by atoms with Crippen molar-refractivity contribution in [2.75, 3.05) is 0 Å². The first-order chi connectivity index (χ1) is 7.34. The van der Waals surface area contributed by atoms with Gasteiger partial charge in [-0.05, 0) is 11.6 Å². The molecule has 0 saturated heterocycles. The number of nitro groups is 1. The first kappa shape index (κ1) is 12.2. The zero-order valence-corrected chi connectivity index (χ0v) is 8.11. The van der Waals surface area contributed by atoms with Crippen LogP contribution in [-0.4, -0.2) is 20.3 Å². The number of aromatic hydroxyl groups is 1. The molecule has 0 spiro atoms. The summed E-state index contributed by atoms with van der Waals surface area (Å²) in [5.41, 5.74) is -3.02. The van der Waals surface area contributed by atoms with E-state index in [0.29, 0.717) is 6.07 Å². The molecule has 1 N–H and O–H groups in total. The third-order valence-electron chi connectivity index (χ3n) is 1.60. The minimum atomic E-state index is -3.25. The highest BCUT2D eigenvalue weighted by Crippen LogP contribution is 2.35. The van der Waals surface area contributed by atoms with E-state index in [1.807, 2.05) is 0 Å². The summed E-state index contributed by atoms with van der Waals surface area (Å²) in [5, 5.41) is 18.3. The van der Waals surface area contributed by atoms with Gasteiger partial charge in [-0.3, -0.25) is 14.9 Å². The van der Waals surface area contributed by atoms with Crippen molar-refractivity contribution in [2.45, 2.75) is 6.43 Å². The van der Waals surface area contributed by atoms with Gasteiger partial charge in [0.25, 0.3) is 11.7 Å². The lowest BCUT2D eigenvalue weighted by atomic mass is 10.2. The van der Waals surface area contributed by atoms with Gasteiger partial charge in [-0.1, -0.05) is 0 Å². The third-order valence-corrected chi connectivity index (χ3v) is 1.80. The van der Waals surface area contributed by atoms with E-state index in [9.17, 15) is 23.7 Å². The highest BCUT2D eigenvalue weighted by atomic mass is 35.5. The van der Waals surface area contributed by atoms with Crippen molar-refractivity contribution < 1.29 is 23.6 Å². The molecule has 86 valence electrons. The Kier molecular flexibility index (Phi) is 3.33. The van der Waals surface area contributed by atoms with Crippen LogP contribution in [0.1, 0.15) is 22.6 Å². The predicted octanol–water partition coefficient (Wildman–Crippen LogP) is 2.01. The van der Waals surface area contributed by atoms with Crippen LogP contribution in [0.5, 0.6) is 5.75 Å². The molecule has 0 saturated carbocycles. The lowest BCUT2D eigenvalue weighted by Gasteiger charge is -2.04. The van der Waals surface area contributed by atoms with Gasteiger partial charge in [0, 0.05) is 0 Å². The normalized spacial score (nSPS) is 10.5.